The summed E-state index contributed by atoms with van der Waals surface area (Å²) < 4.78 is 2.12. The number of nitrogen functional groups attached to an aromatic ring is 1. The van der Waals surface area contributed by atoms with Gasteiger partial charge in [0.05, 0.1) is 21.1 Å². The van der Waals surface area contributed by atoms with Crippen LogP contribution in [0.1, 0.15) is 31.0 Å². The number of halogens is 1. The zero-order chi connectivity index (χ0) is 23.5. The van der Waals surface area contributed by atoms with E-state index in [9.17, 15) is 0 Å². The molecule has 7 rings (SSSR count). The molecule has 4 aromatic heterocycles. The Balaban J connectivity index is 1.31. The lowest BCUT2D eigenvalue weighted by Gasteiger charge is -2.41. The van der Waals surface area contributed by atoms with Gasteiger partial charge in [-0.2, -0.15) is 0 Å². The summed E-state index contributed by atoms with van der Waals surface area (Å²) in [6.07, 6.45) is 7.39. The van der Waals surface area contributed by atoms with Crippen molar-refractivity contribution in [2.45, 2.75) is 25.2 Å². The molecule has 8 heteroatoms. The van der Waals surface area contributed by atoms with Crippen LogP contribution in [0.3, 0.4) is 0 Å². The van der Waals surface area contributed by atoms with Crippen LogP contribution in [0.5, 0.6) is 0 Å². The maximum absolute atomic E-state index is 6.83. The second-order valence-electron chi connectivity index (χ2n) is 9.74. The zero-order valence-corrected chi connectivity index (χ0v) is 20.8. The minimum Gasteiger partial charge on any atom is -0.382 e. The molecular weight excluding hydrogens is 476 g/mol. The average molecular weight is 501 g/mol. The molecule has 5 heterocycles. The van der Waals surface area contributed by atoms with E-state index in [1.54, 1.807) is 17.5 Å². The van der Waals surface area contributed by atoms with E-state index < -0.39 is 0 Å². The van der Waals surface area contributed by atoms with Gasteiger partial charge in [0.25, 0.3) is 0 Å². The predicted octanol–water partition coefficient (Wildman–Crippen LogP) is 6.11. The van der Waals surface area contributed by atoms with Crippen LogP contribution >= 0.6 is 22.9 Å². The smallest absolute Gasteiger partial charge is 0.150 e. The number of hydrogen-bond acceptors (Lipinski definition) is 6. The summed E-state index contributed by atoms with van der Waals surface area (Å²) in [6, 6.07) is 12.3. The quantitative estimate of drug-likeness (QED) is 0.315. The van der Waals surface area contributed by atoms with E-state index in [0.29, 0.717) is 16.8 Å². The number of thiophene rings is 1. The maximum Gasteiger partial charge on any atom is 0.150 e. The summed E-state index contributed by atoms with van der Waals surface area (Å²) in [5, 5.41) is 3.71. The van der Waals surface area contributed by atoms with Gasteiger partial charge in [0.1, 0.15) is 22.9 Å². The molecule has 1 aliphatic heterocycles. The SMILES string of the molecule is Nc1nccn2c(C3CC(CN4CCC4)C3)nc(-c3cc4nc(-c5cccs5)ccc4cc3Cl)c12. The van der Waals surface area contributed by atoms with E-state index in [0.717, 1.165) is 62.8 Å². The Labute approximate surface area is 212 Å². The van der Waals surface area contributed by atoms with Gasteiger partial charge >= 0.3 is 0 Å². The number of benzene rings is 1. The zero-order valence-electron chi connectivity index (χ0n) is 19.2. The van der Waals surface area contributed by atoms with Crippen molar-refractivity contribution in [3.8, 4) is 21.8 Å². The van der Waals surface area contributed by atoms with E-state index in [4.69, 9.17) is 27.3 Å². The Kier molecular flexibility index (Phi) is 5.05. The number of nitrogens with two attached hydrogens (primary N) is 1. The predicted molar refractivity (Wildman–Crippen MR) is 143 cm³/mol. The third kappa shape index (κ3) is 3.61. The Morgan fingerprint density at radius 2 is 2.00 bits per heavy atom. The van der Waals surface area contributed by atoms with Crippen LogP contribution in [0, 0.1) is 5.92 Å². The lowest BCUT2D eigenvalue weighted by molar-refractivity contribution is 0.107. The summed E-state index contributed by atoms with van der Waals surface area (Å²) >= 11 is 8.51. The van der Waals surface area contributed by atoms with Crippen molar-refractivity contribution in [3.63, 3.8) is 0 Å². The first-order chi connectivity index (χ1) is 17.1. The van der Waals surface area contributed by atoms with Crippen molar-refractivity contribution in [1.29, 1.82) is 0 Å². The van der Waals surface area contributed by atoms with Crippen molar-refractivity contribution < 1.29 is 0 Å². The minimum atomic E-state index is 0.423. The highest BCUT2D eigenvalue weighted by molar-refractivity contribution is 7.13. The Morgan fingerprint density at radius 1 is 1.11 bits per heavy atom. The minimum absolute atomic E-state index is 0.423. The van der Waals surface area contributed by atoms with Gasteiger partial charge in [-0.25, -0.2) is 15.0 Å². The molecule has 2 aliphatic rings. The summed E-state index contributed by atoms with van der Waals surface area (Å²) in [6.45, 7) is 3.72. The molecule has 1 aromatic carbocycles. The number of hydrogen-bond donors (Lipinski definition) is 1. The molecule has 35 heavy (non-hydrogen) atoms. The number of aromatic nitrogens is 4. The molecule has 2 N–H and O–H groups in total. The van der Waals surface area contributed by atoms with Crippen LogP contribution in [-0.2, 0) is 0 Å². The fourth-order valence-electron chi connectivity index (χ4n) is 5.47. The fraction of sp³-hybridized carbons (Fsp3) is 0.296. The second kappa shape index (κ2) is 8.29. The van der Waals surface area contributed by atoms with Crippen molar-refractivity contribution >= 4 is 45.2 Å². The van der Waals surface area contributed by atoms with Crippen LogP contribution in [0.15, 0.2) is 54.2 Å². The fourth-order valence-corrected chi connectivity index (χ4v) is 6.43. The van der Waals surface area contributed by atoms with Gasteiger partial charge in [-0.3, -0.25) is 4.40 Å². The van der Waals surface area contributed by atoms with Gasteiger partial charge in [0.15, 0.2) is 0 Å². The van der Waals surface area contributed by atoms with E-state index >= 15 is 0 Å². The van der Waals surface area contributed by atoms with Crippen LogP contribution in [-0.4, -0.2) is 43.9 Å². The average Bonchev–Trinajstić information content (AvgIpc) is 3.46. The largest absolute Gasteiger partial charge is 0.382 e. The van der Waals surface area contributed by atoms with Gasteiger partial charge in [0, 0.05) is 35.8 Å². The molecule has 1 saturated carbocycles. The Morgan fingerprint density at radius 3 is 2.77 bits per heavy atom. The van der Waals surface area contributed by atoms with Gasteiger partial charge < -0.3 is 10.6 Å². The summed E-state index contributed by atoms with van der Waals surface area (Å²) in [7, 11) is 0. The van der Waals surface area contributed by atoms with E-state index in [2.05, 4.69) is 31.8 Å². The van der Waals surface area contributed by atoms with Gasteiger partial charge in [-0.1, -0.05) is 23.7 Å². The molecule has 0 bridgehead atoms. The van der Waals surface area contributed by atoms with Crippen molar-refractivity contribution in [3.05, 3.63) is 65.0 Å². The summed E-state index contributed by atoms with van der Waals surface area (Å²) in [5.74, 6) is 2.70. The van der Waals surface area contributed by atoms with Crippen molar-refractivity contribution in [2.24, 2.45) is 5.92 Å². The first kappa shape index (κ1) is 21.3. The van der Waals surface area contributed by atoms with Crippen LogP contribution in [0.25, 0.3) is 38.2 Å². The number of likely N-dealkylation sites (tertiary alicyclic amines) is 1. The number of nitrogens with zero attached hydrogens (tertiary/aromatic N) is 5. The molecule has 0 atom stereocenters. The monoisotopic (exact) mass is 500 g/mol. The molecule has 1 saturated heterocycles. The molecule has 6 nitrogen and oxygen atoms in total. The Bertz CT molecular complexity index is 1550. The third-order valence-electron chi connectivity index (χ3n) is 7.48. The molecule has 1 aliphatic carbocycles. The van der Waals surface area contributed by atoms with Crippen LogP contribution in [0.4, 0.5) is 5.82 Å². The lowest BCUT2D eigenvalue weighted by atomic mass is 9.74. The van der Waals surface area contributed by atoms with E-state index in [1.165, 1.54) is 26.1 Å². The van der Waals surface area contributed by atoms with E-state index in [1.807, 2.05) is 30.5 Å². The van der Waals surface area contributed by atoms with Gasteiger partial charge in [0.2, 0.25) is 0 Å². The molecule has 5 aromatic rings. The van der Waals surface area contributed by atoms with Crippen molar-refractivity contribution in [1.82, 2.24) is 24.3 Å². The van der Waals surface area contributed by atoms with Gasteiger partial charge in [-0.15, -0.1) is 11.3 Å². The molecule has 0 spiro atoms. The molecule has 176 valence electrons. The van der Waals surface area contributed by atoms with Gasteiger partial charge in [-0.05, 0) is 67.9 Å². The third-order valence-corrected chi connectivity index (χ3v) is 8.69. The highest BCUT2D eigenvalue weighted by Gasteiger charge is 2.36. The van der Waals surface area contributed by atoms with Crippen molar-refractivity contribution in [2.75, 3.05) is 25.4 Å². The molecule has 0 amide bonds. The highest BCUT2D eigenvalue weighted by atomic mass is 35.5. The highest BCUT2D eigenvalue weighted by Crippen LogP contribution is 2.44. The summed E-state index contributed by atoms with van der Waals surface area (Å²) in [4.78, 5) is 18.2. The topological polar surface area (TPSA) is 72.3 Å². The Hall–Kier alpha value is -3.00. The van der Waals surface area contributed by atoms with Crippen LogP contribution < -0.4 is 5.73 Å². The molecular formula is C27H25ClN6S. The second-order valence-corrected chi connectivity index (χ2v) is 11.1. The maximum atomic E-state index is 6.83. The normalized spacial score (nSPS) is 20.3. The number of rotatable bonds is 5. The lowest BCUT2D eigenvalue weighted by Crippen LogP contribution is -2.43. The number of imidazole rings is 1. The molecule has 0 unspecified atom stereocenters. The first-order valence-corrected chi connectivity index (χ1v) is 13.4. The number of pyridine rings is 1. The number of fused-ring (bicyclic) bond motifs is 2. The first-order valence-electron chi connectivity index (χ1n) is 12.1. The standard InChI is InChI=1S/C27H25ClN6S/c28-20-13-17-4-5-21(23-3-1-10-35-23)31-22(17)14-19(20)24-25-26(29)30-6-9-34(25)27(32-24)18-11-16(12-18)15-33-7-2-8-33/h1,3-6,9-10,13-14,16,18H,2,7-8,11-12,15H2,(H2,29,30). The summed E-state index contributed by atoms with van der Waals surface area (Å²) in [5.41, 5.74) is 10.7. The molecule has 0 radical (unpaired) electrons. The number of anilines is 1. The van der Waals surface area contributed by atoms with E-state index in [-0.39, 0.29) is 0 Å². The molecule has 2 fully saturated rings. The van der Waals surface area contributed by atoms with Crippen LogP contribution in [0.2, 0.25) is 5.02 Å².